The Morgan fingerprint density at radius 3 is 0.433 bits per heavy atom. The second-order valence-corrected chi connectivity index (χ2v) is 30.7. The van der Waals surface area contributed by atoms with E-state index in [-0.39, 0.29) is 0 Å². The fraction of sp³-hybridized carbons (Fsp3) is 0. The first-order chi connectivity index (χ1) is 59.6. The van der Waals surface area contributed by atoms with Gasteiger partial charge in [-0.2, -0.15) is 0 Å². The lowest BCUT2D eigenvalue weighted by Gasteiger charge is -2.23. The fourth-order valence-electron chi connectivity index (χ4n) is 18.2. The van der Waals surface area contributed by atoms with E-state index >= 15 is 0 Å². The molecular formula is C120H82. The molecule has 20 aromatic rings. The topological polar surface area (TPSA) is 0 Å². The molecule has 0 N–H and O–H groups in total. The quantitative estimate of drug-likeness (QED) is 0.0527. The van der Waals surface area contributed by atoms with Gasteiger partial charge in [-0.15, -0.1) is 0 Å². The standard InChI is InChI=1S/C120H82/c1-13-39-85(40-14-1)111(86-41-15-2-16-42-86)115(93-55-29-9-30-56-93)97-71-67-83(68-72-97)107-81-109(99-63-37-65-101(79-99)117(95-59-33-11-34-60-95)113(89-47-21-5-22-48-89)90-49-23-6-24-50-90)105-78-76-104-108(84-69-73-98(74-70-84)116(94-57-31-10-32-58-94)112(87-43-17-3-18-44-87)88-45-19-4-20-46-88)82-110(106-77-75-103(107)119(105)120(104)106)100-64-38-66-102(80-100)118(96-61-35-12-36-62-96)114(91-51-25-7-26-52-91)92-53-27-8-28-54-92/h1-82H. The molecule has 0 unspecified atom stereocenters. The minimum absolute atomic E-state index is 1.12. The van der Waals surface area contributed by atoms with Gasteiger partial charge in [0.15, 0.2) is 0 Å². The fourth-order valence-corrected chi connectivity index (χ4v) is 18.2. The third-order valence-corrected chi connectivity index (χ3v) is 23.5. The Hall–Kier alpha value is -15.6. The highest BCUT2D eigenvalue weighted by molar-refractivity contribution is 6.32. The van der Waals surface area contributed by atoms with Crippen LogP contribution in [0, 0.1) is 0 Å². The van der Waals surface area contributed by atoms with Gasteiger partial charge in [0.05, 0.1) is 0 Å². The number of rotatable bonds is 20. The van der Waals surface area contributed by atoms with Crippen molar-refractivity contribution in [3.63, 3.8) is 0 Å². The maximum atomic E-state index is 2.50. The van der Waals surface area contributed by atoms with Gasteiger partial charge in [0.25, 0.3) is 0 Å². The van der Waals surface area contributed by atoms with Crippen LogP contribution in [0.2, 0.25) is 0 Å². The smallest absolute Gasteiger partial charge is 0.00139 e. The van der Waals surface area contributed by atoms with Gasteiger partial charge in [-0.1, -0.05) is 473 Å². The number of benzene rings is 20. The molecule has 20 rings (SSSR count). The monoisotopic (exact) mass is 1520 g/mol. The Balaban J connectivity index is 0.876. The first-order valence-corrected chi connectivity index (χ1v) is 41.4. The molecule has 0 heteroatoms. The van der Waals surface area contributed by atoms with Crippen LogP contribution in [0.3, 0.4) is 0 Å². The van der Waals surface area contributed by atoms with Crippen LogP contribution in [0.5, 0.6) is 0 Å². The Morgan fingerprint density at radius 1 is 0.100 bits per heavy atom. The highest BCUT2D eigenvalue weighted by Gasteiger charge is 2.27. The van der Waals surface area contributed by atoms with Crippen LogP contribution in [0.4, 0.5) is 0 Å². The lowest BCUT2D eigenvalue weighted by molar-refractivity contribution is 1.50. The summed E-state index contributed by atoms with van der Waals surface area (Å²) in [5.74, 6) is 0. The maximum absolute atomic E-state index is 2.50. The molecule has 0 heterocycles. The average Bonchev–Trinajstić information content (AvgIpc) is 0.704. The van der Waals surface area contributed by atoms with E-state index in [0.717, 1.165) is 145 Å². The third kappa shape index (κ3) is 14.4. The van der Waals surface area contributed by atoms with Crippen LogP contribution in [-0.2, 0) is 0 Å². The molecule has 562 valence electrons. The SMILES string of the molecule is c1ccc(C(=C(c2ccccc2)c2ccc(-c3cc(-c4cccc(C(=C(c5ccccc5)c5ccccc5)c5ccccc5)c4)c4ccc5c(-c6ccc(C(=C(c7ccccc7)c7ccccc7)c7ccccc7)cc6)cc(-c6cccc(C(=C(c7ccccc7)c7ccccc7)c7ccccc7)c6)c6ccc3c4c56)cc2)c2ccccc2)cc1. The Bertz CT molecular complexity index is 6540. The summed E-state index contributed by atoms with van der Waals surface area (Å²) in [4.78, 5) is 0. The molecule has 0 saturated carbocycles. The highest BCUT2D eigenvalue weighted by atomic mass is 14.3. The van der Waals surface area contributed by atoms with Crippen molar-refractivity contribution in [3.8, 4) is 44.5 Å². The first kappa shape index (κ1) is 73.3. The van der Waals surface area contributed by atoms with Gasteiger partial charge < -0.3 is 0 Å². The minimum Gasteiger partial charge on any atom is -0.0622 e. The van der Waals surface area contributed by atoms with E-state index in [4.69, 9.17) is 0 Å². The van der Waals surface area contributed by atoms with Crippen LogP contribution in [-0.4, -0.2) is 0 Å². The van der Waals surface area contributed by atoms with Crippen molar-refractivity contribution in [2.45, 2.75) is 0 Å². The van der Waals surface area contributed by atoms with Gasteiger partial charge in [0.1, 0.15) is 0 Å². The Morgan fingerprint density at radius 2 is 0.250 bits per heavy atom. The molecule has 0 aliphatic heterocycles. The van der Waals surface area contributed by atoms with Crippen LogP contribution >= 0.6 is 0 Å². The van der Waals surface area contributed by atoms with Crippen LogP contribution in [0.15, 0.2) is 497 Å². The highest BCUT2D eigenvalue weighted by Crippen LogP contribution is 2.52. The van der Waals surface area contributed by atoms with Crippen molar-refractivity contribution in [3.05, 3.63) is 586 Å². The molecule has 0 radical (unpaired) electrons. The molecule has 0 atom stereocenters. The van der Waals surface area contributed by atoms with E-state index in [1.54, 1.807) is 0 Å². The lowest BCUT2D eigenvalue weighted by atomic mass is 9.80. The van der Waals surface area contributed by atoms with E-state index in [2.05, 4.69) is 497 Å². The summed E-state index contributed by atoms with van der Waals surface area (Å²) in [5, 5.41) is 7.11. The molecule has 0 saturated heterocycles. The molecule has 0 fully saturated rings. The lowest BCUT2D eigenvalue weighted by Crippen LogP contribution is -1.99. The zero-order valence-electron chi connectivity index (χ0n) is 66.3. The summed E-state index contributed by atoms with van der Waals surface area (Å²) in [6.45, 7) is 0. The van der Waals surface area contributed by atoms with Crippen molar-refractivity contribution < 1.29 is 0 Å². The largest absolute Gasteiger partial charge is 0.0622 e. The van der Waals surface area contributed by atoms with Gasteiger partial charge in [0, 0.05) is 0 Å². The summed E-state index contributed by atoms with van der Waals surface area (Å²) in [6, 6.07) is 184. The summed E-state index contributed by atoms with van der Waals surface area (Å²) < 4.78 is 0. The average molecular weight is 1520 g/mol. The van der Waals surface area contributed by atoms with Gasteiger partial charge in [-0.25, -0.2) is 0 Å². The molecule has 20 aromatic carbocycles. The van der Waals surface area contributed by atoms with Crippen molar-refractivity contribution >= 4 is 76.9 Å². The summed E-state index contributed by atoms with van der Waals surface area (Å²) in [6.07, 6.45) is 0. The normalized spacial score (nSPS) is 11.2. The second-order valence-electron chi connectivity index (χ2n) is 30.7. The summed E-state index contributed by atoms with van der Waals surface area (Å²) in [5.41, 5.74) is 36.7. The minimum atomic E-state index is 1.12. The van der Waals surface area contributed by atoms with E-state index in [1.165, 1.54) is 65.8 Å². The Kier molecular flexibility index (Phi) is 20.4. The zero-order valence-corrected chi connectivity index (χ0v) is 66.3. The molecule has 120 heavy (non-hydrogen) atoms. The van der Waals surface area contributed by atoms with Crippen LogP contribution in [0.25, 0.3) is 121 Å². The zero-order chi connectivity index (χ0) is 79.9. The number of hydrogen-bond donors (Lipinski definition) is 0. The molecular weight excluding hydrogens is 1440 g/mol. The third-order valence-electron chi connectivity index (χ3n) is 23.5. The van der Waals surface area contributed by atoms with E-state index in [1.807, 2.05) is 0 Å². The second kappa shape index (κ2) is 33.3. The number of hydrogen-bond acceptors (Lipinski definition) is 0. The summed E-state index contributed by atoms with van der Waals surface area (Å²) in [7, 11) is 0. The van der Waals surface area contributed by atoms with Gasteiger partial charge in [-0.05, 0) is 235 Å². The van der Waals surface area contributed by atoms with Crippen LogP contribution < -0.4 is 0 Å². The molecule has 0 amide bonds. The van der Waals surface area contributed by atoms with Gasteiger partial charge in [-0.3, -0.25) is 0 Å². The predicted molar refractivity (Wildman–Crippen MR) is 509 cm³/mol. The van der Waals surface area contributed by atoms with Crippen molar-refractivity contribution in [2.24, 2.45) is 0 Å². The molecule has 0 aliphatic rings. The molecule has 0 aromatic heterocycles. The van der Waals surface area contributed by atoms with Crippen molar-refractivity contribution in [1.29, 1.82) is 0 Å². The van der Waals surface area contributed by atoms with Crippen LogP contribution in [0.1, 0.15) is 89.0 Å². The summed E-state index contributed by atoms with van der Waals surface area (Å²) >= 11 is 0. The molecule has 0 nitrogen and oxygen atoms in total. The van der Waals surface area contributed by atoms with Gasteiger partial charge >= 0.3 is 0 Å². The van der Waals surface area contributed by atoms with Gasteiger partial charge in [0.2, 0.25) is 0 Å². The maximum Gasteiger partial charge on any atom is -0.00139 e. The first-order valence-electron chi connectivity index (χ1n) is 41.4. The van der Waals surface area contributed by atoms with E-state index < -0.39 is 0 Å². The predicted octanol–water partition coefficient (Wildman–Crippen LogP) is 31.3. The van der Waals surface area contributed by atoms with E-state index in [0.29, 0.717) is 0 Å². The van der Waals surface area contributed by atoms with Crippen molar-refractivity contribution in [1.82, 2.24) is 0 Å². The van der Waals surface area contributed by atoms with E-state index in [9.17, 15) is 0 Å². The molecule has 0 spiro atoms. The van der Waals surface area contributed by atoms with Crippen molar-refractivity contribution in [2.75, 3.05) is 0 Å². The molecule has 0 aliphatic carbocycles. The molecule has 0 bridgehead atoms. The Labute approximate surface area is 703 Å².